The highest BCUT2D eigenvalue weighted by molar-refractivity contribution is 7.45. The SMILES string of the molecule is CCCCC/C=C\C/C=C\CCCCCCCCCCCCCCCCCC(=O)OC(/C=C/CCCCCCCCCCCCC)C(COP(=O)([O-])OCC[N+](C)(C)C)NC(=O)CCCCCCCCCCCCCCCCC. The van der Waals surface area contributed by atoms with Crippen LogP contribution in [0.5, 0.6) is 0 Å². The van der Waals surface area contributed by atoms with Crippen LogP contribution in [0.15, 0.2) is 36.5 Å². The fourth-order valence-electron chi connectivity index (χ4n) is 10.3. The topological polar surface area (TPSA) is 114 Å². The van der Waals surface area contributed by atoms with E-state index in [-0.39, 0.29) is 31.5 Å². The highest BCUT2D eigenvalue weighted by Crippen LogP contribution is 2.38. The van der Waals surface area contributed by atoms with Crippen LogP contribution in [0.2, 0.25) is 0 Å². The van der Waals surface area contributed by atoms with E-state index in [0.717, 1.165) is 64.2 Å². The summed E-state index contributed by atoms with van der Waals surface area (Å²) >= 11 is 0. The van der Waals surface area contributed by atoms with Gasteiger partial charge in [-0.1, -0.05) is 302 Å². The number of hydrogen-bond donors (Lipinski definition) is 1. The maximum Gasteiger partial charge on any atom is 0.306 e. The van der Waals surface area contributed by atoms with Crippen molar-refractivity contribution in [1.82, 2.24) is 5.32 Å². The normalized spacial score (nSPS) is 13.8. The lowest BCUT2D eigenvalue weighted by molar-refractivity contribution is -0.870. The first-order valence-electron chi connectivity index (χ1n) is 34.3. The summed E-state index contributed by atoms with van der Waals surface area (Å²) in [6.07, 6.45) is 72.6. The lowest BCUT2D eigenvalue weighted by Gasteiger charge is -2.30. The van der Waals surface area contributed by atoms with Crippen LogP contribution in [0.4, 0.5) is 0 Å². The zero-order chi connectivity index (χ0) is 57.9. The van der Waals surface area contributed by atoms with Gasteiger partial charge in [0.1, 0.15) is 19.3 Å². The van der Waals surface area contributed by atoms with E-state index in [1.165, 1.54) is 244 Å². The number of hydrogen-bond acceptors (Lipinski definition) is 7. The minimum Gasteiger partial charge on any atom is -0.756 e. The molecule has 0 aliphatic rings. The quantitative estimate of drug-likeness (QED) is 0.0212. The number of nitrogens with one attached hydrogen (secondary N) is 1. The first kappa shape index (κ1) is 77.2. The summed E-state index contributed by atoms with van der Waals surface area (Å²) in [6, 6.07) is -0.883. The minimum atomic E-state index is -4.70. The van der Waals surface area contributed by atoms with E-state index in [9.17, 15) is 19.0 Å². The summed E-state index contributed by atoms with van der Waals surface area (Å²) < 4.78 is 30.4. The van der Waals surface area contributed by atoms with Crippen LogP contribution < -0.4 is 10.2 Å². The Labute approximate surface area is 491 Å². The molecule has 10 heteroatoms. The van der Waals surface area contributed by atoms with Gasteiger partial charge in [0.25, 0.3) is 7.82 Å². The third kappa shape index (κ3) is 60.6. The lowest BCUT2D eigenvalue weighted by atomic mass is 10.0. The van der Waals surface area contributed by atoms with Crippen molar-refractivity contribution < 1.29 is 37.3 Å². The fraction of sp³-hybridized carbons (Fsp3) is 0.884. The first-order valence-corrected chi connectivity index (χ1v) is 35.8. The number of allylic oxidation sites excluding steroid dienone is 5. The second-order valence-corrected chi connectivity index (χ2v) is 26.1. The van der Waals surface area contributed by atoms with Crippen LogP contribution in [0.25, 0.3) is 0 Å². The zero-order valence-electron chi connectivity index (χ0n) is 53.3. The van der Waals surface area contributed by atoms with Crippen molar-refractivity contribution in [2.45, 2.75) is 354 Å². The molecule has 0 aromatic rings. The summed E-state index contributed by atoms with van der Waals surface area (Å²) in [4.78, 5) is 40.1. The number of esters is 1. The van der Waals surface area contributed by atoms with Crippen LogP contribution in [0, 0.1) is 0 Å². The summed E-state index contributed by atoms with van der Waals surface area (Å²) in [7, 11) is 1.20. The molecule has 0 aromatic carbocycles. The molecule has 0 aromatic heterocycles. The molecular formula is C69H133N2O7P. The maximum atomic E-state index is 13.6. The summed E-state index contributed by atoms with van der Waals surface area (Å²) in [5.74, 6) is -0.522. The van der Waals surface area contributed by atoms with Crippen molar-refractivity contribution >= 4 is 19.7 Å². The zero-order valence-corrected chi connectivity index (χ0v) is 54.2. The van der Waals surface area contributed by atoms with Crippen molar-refractivity contribution in [2.24, 2.45) is 0 Å². The molecule has 3 atom stereocenters. The van der Waals surface area contributed by atoms with Gasteiger partial charge in [-0.25, -0.2) is 0 Å². The third-order valence-electron chi connectivity index (χ3n) is 15.6. The second kappa shape index (κ2) is 59.4. The van der Waals surface area contributed by atoms with Crippen LogP contribution in [0.1, 0.15) is 342 Å². The number of phosphoric acid groups is 1. The Balaban J connectivity index is 5.07. The standard InChI is InChI=1S/C69H133N2O7P/c1-7-10-13-16-19-22-25-28-30-31-32-33-34-35-36-37-38-39-41-44-47-50-53-56-59-62-69(73)78-67(60-57-54-51-48-45-42-27-24-21-18-15-12-9-3)66(65-77-79(74,75)76-64-63-71(4,5)6)70-68(72)61-58-55-52-49-46-43-40-29-26-23-20-17-14-11-8-2/h19,22,28,30,57,60,66-67H,7-18,20-21,23-27,29,31-56,58-59,61-65H2,1-6H3,(H-,70,72,74,75)/b22-19-,30-28-,60-57+. The number of carbonyl (C=O) groups is 2. The van der Waals surface area contributed by atoms with E-state index >= 15 is 0 Å². The molecule has 0 saturated heterocycles. The molecule has 0 rings (SSSR count). The van der Waals surface area contributed by atoms with Gasteiger partial charge in [0.05, 0.1) is 33.8 Å². The van der Waals surface area contributed by atoms with Gasteiger partial charge in [0.15, 0.2) is 0 Å². The average Bonchev–Trinajstić information content (AvgIpc) is 3.41. The molecule has 79 heavy (non-hydrogen) atoms. The molecule has 0 aliphatic carbocycles. The number of rotatable bonds is 63. The minimum absolute atomic E-state index is 0.0189. The summed E-state index contributed by atoms with van der Waals surface area (Å²) in [5, 5.41) is 3.04. The predicted molar refractivity (Wildman–Crippen MR) is 340 cm³/mol. The Morgan fingerprint density at radius 1 is 0.443 bits per heavy atom. The molecule has 0 heterocycles. The van der Waals surface area contributed by atoms with Crippen LogP contribution in [0.3, 0.4) is 0 Å². The smallest absolute Gasteiger partial charge is 0.306 e. The van der Waals surface area contributed by atoms with Gasteiger partial charge in [0, 0.05) is 12.8 Å². The molecule has 1 amide bonds. The van der Waals surface area contributed by atoms with E-state index in [1.54, 1.807) is 0 Å². The van der Waals surface area contributed by atoms with Gasteiger partial charge < -0.3 is 28.5 Å². The fourth-order valence-corrected chi connectivity index (χ4v) is 11.0. The molecule has 3 unspecified atom stereocenters. The molecular weight excluding hydrogens is 1000 g/mol. The Bertz CT molecular complexity index is 1450. The van der Waals surface area contributed by atoms with Gasteiger partial charge in [-0.05, 0) is 63.9 Å². The molecule has 0 spiro atoms. The highest BCUT2D eigenvalue weighted by Gasteiger charge is 2.27. The number of ether oxygens (including phenoxy) is 1. The summed E-state index contributed by atoms with van der Waals surface area (Å²) in [5.41, 5.74) is 0. The van der Waals surface area contributed by atoms with Crippen molar-refractivity contribution in [3.05, 3.63) is 36.5 Å². The number of nitrogens with zero attached hydrogens (tertiary/aromatic N) is 1. The van der Waals surface area contributed by atoms with Gasteiger partial charge in [-0.15, -0.1) is 0 Å². The highest BCUT2D eigenvalue weighted by atomic mass is 31.2. The van der Waals surface area contributed by atoms with E-state index in [0.29, 0.717) is 17.4 Å². The van der Waals surface area contributed by atoms with E-state index < -0.39 is 20.0 Å². The molecule has 0 fully saturated rings. The molecule has 0 saturated carbocycles. The molecule has 1 N–H and O–H groups in total. The molecule has 0 bridgehead atoms. The molecule has 9 nitrogen and oxygen atoms in total. The number of phosphoric ester groups is 1. The third-order valence-corrected chi connectivity index (χ3v) is 16.5. The number of amides is 1. The Morgan fingerprint density at radius 2 is 0.772 bits per heavy atom. The summed E-state index contributed by atoms with van der Waals surface area (Å²) in [6.45, 7) is 6.87. The van der Waals surface area contributed by atoms with Crippen molar-refractivity contribution in [1.29, 1.82) is 0 Å². The second-order valence-electron chi connectivity index (χ2n) is 24.7. The van der Waals surface area contributed by atoms with Crippen LogP contribution in [-0.2, 0) is 27.9 Å². The predicted octanol–water partition coefficient (Wildman–Crippen LogP) is 20.8. The number of quaternary nitrogens is 1. The van der Waals surface area contributed by atoms with Gasteiger partial charge in [-0.3, -0.25) is 14.2 Å². The molecule has 0 radical (unpaired) electrons. The van der Waals surface area contributed by atoms with E-state index in [1.807, 2.05) is 33.3 Å². The van der Waals surface area contributed by atoms with Gasteiger partial charge in [0.2, 0.25) is 5.91 Å². The Morgan fingerprint density at radius 3 is 1.16 bits per heavy atom. The van der Waals surface area contributed by atoms with Crippen molar-refractivity contribution in [3.63, 3.8) is 0 Å². The number of carbonyl (C=O) groups excluding carboxylic acids is 2. The average molecular weight is 1130 g/mol. The molecule has 0 aliphatic heterocycles. The van der Waals surface area contributed by atoms with E-state index in [4.69, 9.17) is 13.8 Å². The van der Waals surface area contributed by atoms with Crippen molar-refractivity contribution in [2.75, 3.05) is 40.9 Å². The van der Waals surface area contributed by atoms with Gasteiger partial charge in [-0.2, -0.15) is 0 Å². The van der Waals surface area contributed by atoms with Crippen LogP contribution >= 0.6 is 7.82 Å². The maximum absolute atomic E-state index is 13.6. The van der Waals surface area contributed by atoms with Gasteiger partial charge >= 0.3 is 5.97 Å². The van der Waals surface area contributed by atoms with E-state index in [2.05, 4.69) is 50.4 Å². The Hall–Kier alpha value is -1.77. The Kier molecular flexibility index (Phi) is 58.1. The molecule has 466 valence electrons. The van der Waals surface area contributed by atoms with Crippen LogP contribution in [-0.4, -0.2) is 69.4 Å². The monoisotopic (exact) mass is 1130 g/mol. The largest absolute Gasteiger partial charge is 0.756 e. The van der Waals surface area contributed by atoms with Crippen molar-refractivity contribution in [3.8, 4) is 0 Å². The number of likely N-dealkylation sites (N-methyl/N-ethyl adjacent to an activating group) is 1. The lowest BCUT2D eigenvalue weighted by Crippen LogP contribution is -2.47. The number of unbranched alkanes of at least 4 members (excludes halogenated alkanes) is 43. The first-order chi connectivity index (χ1) is 38.4.